The zero-order valence-electron chi connectivity index (χ0n) is 12.4. The Hall–Kier alpha value is -2.23. The van der Waals surface area contributed by atoms with E-state index in [9.17, 15) is 0 Å². The maximum Gasteiger partial charge on any atom is 0.141 e. The second kappa shape index (κ2) is 6.28. The summed E-state index contributed by atoms with van der Waals surface area (Å²) in [7, 11) is 3.35. The molecule has 4 heteroatoms. The maximum atomic E-state index is 5.42. The zero-order valence-corrected chi connectivity index (χ0v) is 12.4. The molecule has 1 heterocycles. The van der Waals surface area contributed by atoms with Gasteiger partial charge in [-0.2, -0.15) is 0 Å². The zero-order chi connectivity index (χ0) is 14.5. The molecular weight excluding hydrogens is 252 g/mol. The van der Waals surface area contributed by atoms with Gasteiger partial charge in [-0.1, -0.05) is 12.1 Å². The predicted molar refractivity (Wildman–Crippen MR) is 80.6 cm³/mol. The average Bonchev–Trinajstić information content (AvgIpc) is 2.47. The van der Waals surface area contributed by atoms with E-state index in [2.05, 4.69) is 10.3 Å². The van der Waals surface area contributed by atoms with Crippen LogP contribution in [0.5, 0.6) is 11.5 Å². The first-order valence-electron chi connectivity index (χ1n) is 6.53. The van der Waals surface area contributed by atoms with Gasteiger partial charge in [-0.25, -0.2) is 0 Å². The summed E-state index contributed by atoms with van der Waals surface area (Å²) < 4.78 is 10.7. The number of hydrogen-bond acceptors (Lipinski definition) is 4. The summed E-state index contributed by atoms with van der Waals surface area (Å²) >= 11 is 0. The van der Waals surface area contributed by atoms with Gasteiger partial charge < -0.3 is 14.8 Å². The van der Waals surface area contributed by atoms with Crippen LogP contribution in [-0.4, -0.2) is 19.2 Å². The monoisotopic (exact) mass is 272 g/mol. The molecule has 0 saturated heterocycles. The van der Waals surface area contributed by atoms with Gasteiger partial charge in [0.05, 0.1) is 32.1 Å². The van der Waals surface area contributed by atoms with E-state index in [0.717, 1.165) is 34.0 Å². The molecule has 106 valence electrons. The van der Waals surface area contributed by atoms with Gasteiger partial charge >= 0.3 is 0 Å². The molecule has 0 saturated carbocycles. The van der Waals surface area contributed by atoms with Crippen LogP contribution < -0.4 is 14.8 Å². The molecule has 0 fully saturated rings. The smallest absolute Gasteiger partial charge is 0.141 e. The second-order valence-corrected chi connectivity index (χ2v) is 4.60. The van der Waals surface area contributed by atoms with Crippen molar-refractivity contribution in [2.24, 2.45) is 0 Å². The highest BCUT2D eigenvalue weighted by atomic mass is 16.5. The first-order valence-corrected chi connectivity index (χ1v) is 6.53. The summed E-state index contributed by atoms with van der Waals surface area (Å²) in [6.07, 6.45) is 1.84. The number of methoxy groups -OCH3 is 2. The Morgan fingerprint density at radius 3 is 2.55 bits per heavy atom. The number of para-hydroxylation sites is 2. The number of anilines is 1. The van der Waals surface area contributed by atoms with E-state index in [0.29, 0.717) is 6.54 Å². The van der Waals surface area contributed by atoms with Crippen LogP contribution in [0, 0.1) is 13.8 Å². The Kier molecular flexibility index (Phi) is 4.45. The Balaban J connectivity index is 2.19. The van der Waals surface area contributed by atoms with Gasteiger partial charge in [0.1, 0.15) is 11.5 Å². The van der Waals surface area contributed by atoms with Crippen molar-refractivity contribution in [3.8, 4) is 11.5 Å². The highest BCUT2D eigenvalue weighted by molar-refractivity contribution is 5.56. The van der Waals surface area contributed by atoms with Crippen molar-refractivity contribution >= 4 is 5.69 Å². The summed E-state index contributed by atoms with van der Waals surface area (Å²) in [4.78, 5) is 4.47. The van der Waals surface area contributed by atoms with Gasteiger partial charge in [0.15, 0.2) is 0 Å². The van der Waals surface area contributed by atoms with Crippen LogP contribution in [0.4, 0.5) is 5.69 Å². The number of ether oxygens (including phenoxy) is 2. The van der Waals surface area contributed by atoms with Crippen LogP contribution in [0.2, 0.25) is 0 Å². The Morgan fingerprint density at radius 1 is 1.10 bits per heavy atom. The standard InChI is InChI=1S/C16H20N2O2/c1-11-9-17-14(12(2)16(11)20-4)10-18-13-7-5-6-8-15(13)19-3/h5-9,18H,10H2,1-4H3. The number of aryl methyl sites for hydroxylation is 1. The Labute approximate surface area is 119 Å². The van der Waals surface area contributed by atoms with E-state index in [4.69, 9.17) is 9.47 Å². The minimum atomic E-state index is 0.628. The molecule has 1 aromatic carbocycles. The largest absolute Gasteiger partial charge is 0.496 e. The molecule has 2 rings (SSSR count). The summed E-state index contributed by atoms with van der Waals surface area (Å²) in [5, 5.41) is 3.35. The Bertz CT molecular complexity index is 597. The minimum absolute atomic E-state index is 0.628. The molecule has 0 aliphatic carbocycles. The quantitative estimate of drug-likeness (QED) is 0.906. The summed E-state index contributed by atoms with van der Waals surface area (Å²) in [6, 6.07) is 7.83. The SMILES string of the molecule is COc1ccccc1NCc1ncc(C)c(OC)c1C. The average molecular weight is 272 g/mol. The summed E-state index contributed by atoms with van der Waals surface area (Å²) in [5.41, 5.74) is 4.04. The minimum Gasteiger partial charge on any atom is -0.496 e. The topological polar surface area (TPSA) is 43.4 Å². The second-order valence-electron chi connectivity index (χ2n) is 4.60. The maximum absolute atomic E-state index is 5.42. The normalized spacial score (nSPS) is 10.2. The van der Waals surface area contributed by atoms with E-state index in [1.54, 1.807) is 14.2 Å². The first kappa shape index (κ1) is 14.2. The highest BCUT2D eigenvalue weighted by Crippen LogP contribution is 2.26. The molecule has 1 N–H and O–H groups in total. The molecule has 0 atom stereocenters. The third-order valence-corrected chi connectivity index (χ3v) is 3.30. The molecule has 0 spiro atoms. The summed E-state index contributed by atoms with van der Waals surface area (Å²) in [6.45, 7) is 4.65. The lowest BCUT2D eigenvalue weighted by Crippen LogP contribution is -2.06. The van der Waals surface area contributed by atoms with Crippen molar-refractivity contribution in [3.05, 3.63) is 47.3 Å². The predicted octanol–water partition coefficient (Wildman–Crippen LogP) is 3.33. The van der Waals surface area contributed by atoms with E-state index >= 15 is 0 Å². The number of nitrogens with zero attached hydrogens (tertiary/aromatic N) is 1. The number of nitrogens with one attached hydrogen (secondary N) is 1. The molecule has 0 amide bonds. The van der Waals surface area contributed by atoms with Gasteiger partial charge in [0.25, 0.3) is 0 Å². The molecule has 0 bridgehead atoms. The first-order chi connectivity index (χ1) is 9.67. The van der Waals surface area contributed by atoms with E-state index in [1.807, 2.05) is 44.3 Å². The van der Waals surface area contributed by atoms with Crippen molar-refractivity contribution in [2.75, 3.05) is 19.5 Å². The van der Waals surface area contributed by atoms with Gasteiger partial charge in [0.2, 0.25) is 0 Å². The van der Waals surface area contributed by atoms with Crippen molar-refractivity contribution < 1.29 is 9.47 Å². The van der Waals surface area contributed by atoms with Gasteiger partial charge in [-0.05, 0) is 26.0 Å². The number of pyridine rings is 1. The molecule has 0 radical (unpaired) electrons. The number of benzene rings is 1. The van der Waals surface area contributed by atoms with Crippen LogP contribution in [0.1, 0.15) is 16.8 Å². The van der Waals surface area contributed by atoms with Gasteiger partial charge in [-0.3, -0.25) is 4.98 Å². The molecular formula is C16H20N2O2. The number of aromatic nitrogens is 1. The highest BCUT2D eigenvalue weighted by Gasteiger charge is 2.10. The third-order valence-electron chi connectivity index (χ3n) is 3.30. The molecule has 0 unspecified atom stereocenters. The summed E-state index contributed by atoms with van der Waals surface area (Å²) in [5.74, 6) is 1.72. The van der Waals surface area contributed by atoms with Gasteiger partial charge in [0, 0.05) is 17.3 Å². The number of rotatable bonds is 5. The molecule has 20 heavy (non-hydrogen) atoms. The van der Waals surface area contributed by atoms with E-state index in [1.165, 1.54) is 0 Å². The molecule has 1 aromatic heterocycles. The lowest BCUT2D eigenvalue weighted by atomic mass is 10.1. The fourth-order valence-electron chi connectivity index (χ4n) is 2.22. The molecule has 0 aliphatic heterocycles. The Morgan fingerprint density at radius 2 is 1.85 bits per heavy atom. The lowest BCUT2D eigenvalue weighted by Gasteiger charge is -2.14. The fourth-order valence-corrected chi connectivity index (χ4v) is 2.22. The lowest BCUT2D eigenvalue weighted by molar-refractivity contribution is 0.407. The number of hydrogen-bond donors (Lipinski definition) is 1. The van der Waals surface area contributed by atoms with Gasteiger partial charge in [-0.15, -0.1) is 0 Å². The van der Waals surface area contributed by atoms with Crippen molar-refractivity contribution in [1.82, 2.24) is 4.98 Å². The van der Waals surface area contributed by atoms with Crippen LogP contribution in [0.3, 0.4) is 0 Å². The van der Waals surface area contributed by atoms with Crippen molar-refractivity contribution in [2.45, 2.75) is 20.4 Å². The van der Waals surface area contributed by atoms with Crippen LogP contribution in [0.15, 0.2) is 30.5 Å². The third kappa shape index (κ3) is 2.85. The fraction of sp³-hybridized carbons (Fsp3) is 0.312. The van der Waals surface area contributed by atoms with Crippen LogP contribution in [0.25, 0.3) is 0 Å². The van der Waals surface area contributed by atoms with Crippen molar-refractivity contribution in [1.29, 1.82) is 0 Å². The molecule has 0 aliphatic rings. The van der Waals surface area contributed by atoms with E-state index < -0.39 is 0 Å². The molecule has 2 aromatic rings. The van der Waals surface area contributed by atoms with Crippen LogP contribution in [-0.2, 0) is 6.54 Å². The molecule has 4 nitrogen and oxygen atoms in total. The van der Waals surface area contributed by atoms with Crippen molar-refractivity contribution in [3.63, 3.8) is 0 Å². The van der Waals surface area contributed by atoms with Crippen LogP contribution >= 0.6 is 0 Å². The van der Waals surface area contributed by atoms with E-state index in [-0.39, 0.29) is 0 Å².